The Kier molecular flexibility index (Phi) is 5.73. The van der Waals surface area contributed by atoms with Gasteiger partial charge in [0.1, 0.15) is 6.29 Å². The van der Waals surface area contributed by atoms with Crippen LogP contribution in [-0.4, -0.2) is 28.7 Å². The Morgan fingerprint density at radius 1 is 0.966 bits per heavy atom. The quantitative estimate of drug-likeness (QED) is 0.642. The van der Waals surface area contributed by atoms with Gasteiger partial charge in [0, 0.05) is 5.92 Å². The molecule has 4 aliphatic rings. The van der Waals surface area contributed by atoms with Crippen LogP contribution in [0, 0.1) is 58.2 Å². The summed E-state index contributed by atoms with van der Waals surface area (Å²) in [6.45, 7) is 11.7. The first kappa shape index (κ1) is 21.8. The van der Waals surface area contributed by atoms with E-state index in [1.54, 1.807) is 0 Å². The van der Waals surface area contributed by atoms with Gasteiger partial charge in [0.15, 0.2) is 0 Å². The van der Waals surface area contributed by atoms with Crippen LogP contribution < -0.4 is 0 Å². The van der Waals surface area contributed by atoms with Crippen LogP contribution in [0.25, 0.3) is 0 Å². The Hall–Kier alpha value is -0.410. The minimum Gasteiger partial charge on any atom is -0.393 e. The molecule has 0 aliphatic heterocycles. The van der Waals surface area contributed by atoms with Crippen LogP contribution in [0.4, 0.5) is 0 Å². The average molecular weight is 405 g/mol. The van der Waals surface area contributed by atoms with E-state index in [0.717, 1.165) is 32.0 Å². The highest BCUT2D eigenvalue weighted by atomic mass is 16.3. The lowest BCUT2D eigenvalue weighted by molar-refractivity contribution is -0.199. The van der Waals surface area contributed by atoms with Gasteiger partial charge in [-0.2, -0.15) is 0 Å². The van der Waals surface area contributed by atoms with E-state index in [1.807, 2.05) is 0 Å². The molecule has 4 fully saturated rings. The lowest BCUT2D eigenvalue weighted by Crippen LogP contribution is -2.61. The first-order valence-corrected chi connectivity index (χ1v) is 12.4. The van der Waals surface area contributed by atoms with Crippen molar-refractivity contribution >= 4 is 6.29 Å². The largest absolute Gasteiger partial charge is 0.393 e. The van der Waals surface area contributed by atoms with Crippen LogP contribution >= 0.6 is 0 Å². The second-order valence-corrected chi connectivity index (χ2v) is 12.2. The maximum absolute atomic E-state index is 11.6. The second kappa shape index (κ2) is 7.62. The van der Waals surface area contributed by atoms with Crippen LogP contribution in [0.2, 0.25) is 0 Å². The van der Waals surface area contributed by atoms with Gasteiger partial charge in [-0.25, -0.2) is 0 Å². The fourth-order valence-electron chi connectivity index (χ4n) is 9.43. The van der Waals surface area contributed by atoms with E-state index in [2.05, 4.69) is 34.6 Å². The predicted octanol–water partition coefficient (Wildman–Crippen LogP) is 5.08. The standard InChI is InChI=1S/C26H44O3/c1-15(14-27)12-16(2)19-6-7-20-23-21(9-11-25(19,20)4)26(5)10-8-18(28)13-22(26)17(3)24(23)29/h14-24,28-29H,6-13H2,1-5H3/t15-,16-,17-,18-,19-,20?,21?,22?,23?,24+,25-,26-/m1/s1. The van der Waals surface area contributed by atoms with Gasteiger partial charge in [0.2, 0.25) is 0 Å². The maximum atomic E-state index is 11.6. The number of carbonyl (C=O) groups is 1. The third kappa shape index (κ3) is 3.25. The topological polar surface area (TPSA) is 57.5 Å². The minimum atomic E-state index is -0.226. The maximum Gasteiger partial charge on any atom is 0.122 e. The molecule has 0 spiro atoms. The molecule has 0 aromatic rings. The van der Waals surface area contributed by atoms with Crippen LogP contribution in [0.5, 0.6) is 0 Å². The molecule has 4 aliphatic carbocycles. The normalized spacial score (nSPS) is 54.0. The molecule has 0 aromatic heterocycles. The van der Waals surface area contributed by atoms with Gasteiger partial charge in [-0.05, 0) is 104 Å². The molecule has 0 saturated heterocycles. The summed E-state index contributed by atoms with van der Waals surface area (Å²) in [5, 5.41) is 21.9. The fourth-order valence-corrected chi connectivity index (χ4v) is 9.43. The second-order valence-electron chi connectivity index (χ2n) is 12.2. The Morgan fingerprint density at radius 2 is 1.62 bits per heavy atom. The van der Waals surface area contributed by atoms with Crippen LogP contribution in [0.15, 0.2) is 0 Å². The Labute approximate surface area is 178 Å². The van der Waals surface area contributed by atoms with Crippen molar-refractivity contribution in [3.63, 3.8) is 0 Å². The fraction of sp³-hybridized carbons (Fsp3) is 0.962. The number of hydrogen-bond acceptors (Lipinski definition) is 3. The van der Waals surface area contributed by atoms with Crippen molar-refractivity contribution < 1.29 is 15.0 Å². The molecule has 3 heteroatoms. The Bertz CT molecular complexity index is 619. The summed E-state index contributed by atoms with van der Waals surface area (Å²) in [6.07, 6.45) is 9.66. The molecule has 4 saturated carbocycles. The van der Waals surface area contributed by atoms with Crippen molar-refractivity contribution in [3.8, 4) is 0 Å². The number of aliphatic hydroxyl groups is 2. The van der Waals surface area contributed by atoms with Crippen molar-refractivity contribution in [2.24, 2.45) is 58.2 Å². The average Bonchev–Trinajstić information content (AvgIpc) is 3.04. The molecule has 0 radical (unpaired) electrons. The molecule has 4 rings (SSSR count). The summed E-state index contributed by atoms with van der Waals surface area (Å²) in [7, 11) is 0. The van der Waals surface area contributed by atoms with Crippen LogP contribution in [0.1, 0.15) is 86.0 Å². The van der Waals surface area contributed by atoms with E-state index in [1.165, 1.54) is 25.7 Å². The van der Waals surface area contributed by atoms with E-state index in [4.69, 9.17) is 0 Å². The zero-order valence-corrected chi connectivity index (χ0v) is 19.3. The summed E-state index contributed by atoms with van der Waals surface area (Å²) < 4.78 is 0. The van der Waals surface area contributed by atoms with Crippen LogP contribution in [-0.2, 0) is 4.79 Å². The number of aldehydes is 1. The van der Waals surface area contributed by atoms with Crippen molar-refractivity contribution in [2.75, 3.05) is 0 Å². The van der Waals surface area contributed by atoms with Crippen molar-refractivity contribution in [1.82, 2.24) is 0 Å². The van der Waals surface area contributed by atoms with Gasteiger partial charge >= 0.3 is 0 Å². The van der Waals surface area contributed by atoms with Gasteiger partial charge < -0.3 is 15.0 Å². The number of rotatable bonds is 4. The molecule has 166 valence electrons. The summed E-state index contributed by atoms with van der Waals surface area (Å²) in [5.41, 5.74) is 0.584. The Morgan fingerprint density at radius 3 is 2.31 bits per heavy atom. The summed E-state index contributed by atoms with van der Waals surface area (Å²) in [6, 6.07) is 0. The first-order chi connectivity index (χ1) is 13.6. The molecule has 12 atom stereocenters. The van der Waals surface area contributed by atoms with Crippen molar-refractivity contribution in [2.45, 2.75) is 98.2 Å². The Balaban J connectivity index is 1.61. The third-order valence-corrected chi connectivity index (χ3v) is 10.9. The molecule has 29 heavy (non-hydrogen) atoms. The predicted molar refractivity (Wildman–Crippen MR) is 116 cm³/mol. The third-order valence-electron chi connectivity index (χ3n) is 10.9. The van der Waals surface area contributed by atoms with Crippen molar-refractivity contribution in [1.29, 1.82) is 0 Å². The minimum absolute atomic E-state index is 0.151. The highest BCUT2D eigenvalue weighted by Crippen LogP contribution is 2.69. The first-order valence-electron chi connectivity index (χ1n) is 12.4. The number of hydrogen-bond donors (Lipinski definition) is 2. The highest BCUT2D eigenvalue weighted by molar-refractivity contribution is 5.52. The highest BCUT2D eigenvalue weighted by Gasteiger charge is 2.64. The van der Waals surface area contributed by atoms with E-state index in [-0.39, 0.29) is 29.5 Å². The SMILES string of the molecule is C[C@H](C[C@@H](C)C=O)[C@H]1CCC2C3C(CC[C@@]21C)[C@@]1(C)CC[C@@H](O)CC1[C@@H](C)[C@@H]3O. The van der Waals surface area contributed by atoms with E-state index >= 15 is 0 Å². The lowest BCUT2D eigenvalue weighted by Gasteiger charge is -2.64. The zero-order chi connectivity index (χ0) is 21.1. The lowest BCUT2D eigenvalue weighted by atomic mass is 9.42. The smallest absolute Gasteiger partial charge is 0.122 e. The summed E-state index contributed by atoms with van der Waals surface area (Å²) in [4.78, 5) is 11.2. The van der Waals surface area contributed by atoms with Crippen LogP contribution in [0.3, 0.4) is 0 Å². The zero-order valence-electron chi connectivity index (χ0n) is 19.3. The summed E-state index contributed by atoms with van der Waals surface area (Å²) >= 11 is 0. The molecule has 0 bridgehead atoms. The monoisotopic (exact) mass is 404 g/mol. The summed E-state index contributed by atoms with van der Waals surface area (Å²) in [5.74, 6) is 3.78. The van der Waals surface area contributed by atoms with E-state index in [9.17, 15) is 15.0 Å². The van der Waals surface area contributed by atoms with Gasteiger partial charge in [0.05, 0.1) is 12.2 Å². The van der Waals surface area contributed by atoms with Crippen molar-refractivity contribution in [3.05, 3.63) is 0 Å². The molecular weight excluding hydrogens is 360 g/mol. The molecule has 0 amide bonds. The van der Waals surface area contributed by atoms with Gasteiger partial charge in [-0.3, -0.25) is 0 Å². The van der Waals surface area contributed by atoms with E-state index < -0.39 is 0 Å². The number of fused-ring (bicyclic) bond motifs is 5. The molecular formula is C26H44O3. The van der Waals surface area contributed by atoms with Gasteiger partial charge in [0.25, 0.3) is 0 Å². The number of carbonyl (C=O) groups excluding carboxylic acids is 1. The number of aliphatic hydroxyl groups excluding tert-OH is 2. The molecule has 2 N–H and O–H groups in total. The van der Waals surface area contributed by atoms with E-state index in [0.29, 0.717) is 40.9 Å². The molecule has 4 unspecified atom stereocenters. The molecule has 0 heterocycles. The molecule has 3 nitrogen and oxygen atoms in total. The van der Waals surface area contributed by atoms with Gasteiger partial charge in [-0.15, -0.1) is 0 Å². The molecule has 0 aromatic carbocycles. The van der Waals surface area contributed by atoms with Gasteiger partial charge in [-0.1, -0.05) is 34.6 Å².